The van der Waals surface area contributed by atoms with Crippen molar-refractivity contribution in [2.24, 2.45) is 0 Å². The Morgan fingerprint density at radius 2 is 1.89 bits per heavy atom. The van der Waals surface area contributed by atoms with E-state index in [2.05, 4.69) is 6.92 Å². The molecule has 0 bridgehead atoms. The lowest BCUT2D eigenvalue weighted by Crippen LogP contribution is -2.05. The summed E-state index contributed by atoms with van der Waals surface area (Å²) in [7, 11) is 0. The fourth-order valence-electron chi connectivity index (χ4n) is 2.01. The lowest BCUT2D eigenvalue weighted by atomic mass is 10.0. The van der Waals surface area contributed by atoms with Crippen molar-refractivity contribution >= 4 is 5.97 Å². The summed E-state index contributed by atoms with van der Waals surface area (Å²) >= 11 is 0. The number of hydrogen-bond acceptors (Lipinski definition) is 2. The largest absolute Gasteiger partial charge is 0.423 e. The lowest BCUT2D eigenvalue weighted by molar-refractivity contribution is -0.129. The normalized spacial score (nSPS) is 10.8. The van der Waals surface area contributed by atoms with Gasteiger partial charge in [-0.15, -0.1) is 0 Å². The summed E-state index contributed by atoms with van der Waals surface area (Å²) in [5.74, 6) is 0.391. The Kier molecular flexibility index (Phi) is 7.64. The molecular weight excluding hydrogens is 236 g/mol. The van der Waals surface area contributed by atoms with E-state index >= 15 is 0 Å². The summed E-state index contributed by atoms with van der Waals surface area (Å²) in [4.78, 5) is 11.5. The number of unbranched alkanes of at least 4 members (excludes halogenated alkanes) is 4. The van der Waals surface area contributed by atoms with Gasteiger partial charge in [0.25, 0.3) is 0 Å². The highest BCUT2D eigenvalue weighted by Crippen LogP contribution is 2.21. The molecule has 19 heavy (non-hydrogen) atoms. The van der Waals surface area contributed by atoms with E-state index in [0.29, 0.717) is 5.75 Å². The predicted molar refractivity (Wildman–Crippen MR) is 79.4 cm³/mol. The third kappa shape index (κ3) is 6.23. The van der Waals surface area contributed by atoms with Gasteiger partial charge in [-0.1, -0.05) is 56.9 Å². The molecule has 1 aromatic rings. The van der Waals surface area contributed by atoms with Crippen LogP contribution in [0.15, 0.2) is 36.4 Å². The Labute approximate surface area is 116 Å². The number of allylic oxidation sites excluding steroid dienone is 1. The second kappa shape index (κ2) is 9.37. The van der Waals surface area contributed by atoms with E-state index in [1.54, 1.807) is 13.0 Å². The maximum Gasteiger partial charge on any atom is 0.335 e. The van der Waals surface area contributed by atoms with Crippen molar-refractivity contribution < 1.29 is 9.53 Å². The molecule has 0 saturated heterocycles. The van der Waals surface area contributed by atoms with E-state index in [1.807, 2.05) is 24.3 Å². The maximum absolute atomic E-state index is 11.5. The van der Waals surface area contributed by atoms with Crippen molar-refractivity contribution in [3.8, 4) is 5.75 Å². The van der Waals surface area contributed by atoms with Gasteiger partial charge < -0.3 is 4.74 Å². The van der Waals surface area contributed by atoms with E-state index in [1.165, 1.54) is 31.8 Å². The number of hydrogen-bond donors (Lipinski definition) is 0. The second-order valence-corrected chi connectivity index (χ2v) is 4.69. The lowest BCUT2D eigenvalue weighted by Gasteiger charge is -2.08. The monoisotopic (exact) mass is 260 g/mol. The zero-order chi connectivity index (χ0) is 13.9. The third-order valence-electron chi connectivity index (χ3n) is 3.04. The number of para-hydroxylation sites is 1. The first-order valence-electron chi connectivity index (χ1n) is 7.20. The van der Waals surface area contributed by atoms with Gasteiger partial charge in [-0.05, 0) is 31.4 Å². The molecule has 0 radical (unpaired) electrons. The Morgan fingerprint density at radius 3 is 2.63 bits per heavy atom. The molecule has 0 unspecified atom stereocenters. The fourth-order valence-corrected chi connectivity index (χ4v) is 2.01. The minimum absolute atomic E-state index is 0.305. The Balaban J connectivity index is 2.50. The van der Waals surface area contributed by atoms with Crippen molar-refractivity contribution in [3.63, 3.8) is 0 Å². The van der Waals surface area contributed by atoms with Crippen LogP contribution in [0.3, 0.4) is 0 Å². The van der Waals surface area contributed by atoms with Crippen LogP contribution in [0.2, 0.25) is 0 Å². The van der Waals surface area contributed by atoms with Crippen molar-refractivity contribution in [3.05, 3.63) is 42.0 Å². The van der Waals surface area contributed by atoms with E-state index in [0.717, 1.165) is 18.4 Å². The van der Waals surface area contributed by atoms with E-state index in [9.17, 15) is 4.79 Å². The Bertz CT molecular complexity index is 407. The maximum atomic E-state index is 11.5. The van der Waals surface area contributed by atoms with Crippen molar-refractivity contribution in [2.75, 3.05) is 0 Å². The number of ether oxygens (including phenoxy) is 1. The van der Waals surface area contributed by atoms with E-state index in [4.69, 9.17) is 4.74 Å². The number of aryl methyl sites for hydroxylation is 1. The molecule has 0 aliphatic carbocycles. The van der Waals surface area contributed by atoms with Gasteiger partial charge in [0.05, 0.1) is 0 Å². The zero-order valence-corrected chi connectivity index (χ0v) is 12.0. The van der Waals surface area contributed by atoms with Crippen molar-refractivity contribution in [1.82, 2.24) is 0 Å². The minimum atomic E-state index is -0.305. The molecule has 0 saturated carbocycles. The van der Waals surface area contributed by atoms with Gasteiger partial charge in [-0.3, -0.25) is 0 Å². The van der Waals surface area contributed by atoms with Gasteiger partial charge in [0.2, 0.25) is 0 Å². The van der Waals surface area contributed by atoms with Crippen LogP contribution in [0.25, 0.3) is 0 Å². The highest BCUT2D eigenvalue weighted by atomic mass is 16.5. The molecule has 1 aromatic carbocycles. The molecule has 0 N–H and O–H groups in total. The highest BCUT2D eigenvalue weighted by Gasteiger charge is 2.06. The molecule has 0 aliphatic rings. The van der Waals surface area contributed by atoms with Crippen LogP contribution in [0.4, 0.5) is 0 Å². The van der Waals surface area contributed by atoms with Gasteiger partial charge in [0.1, 0.15) is 5.75 Å². The van der Waals surface area contributed by atoms with E-state index < -0.39 is 0 Å². The first-order valence-corrected chi connectivity index (χ1v) is 7.20. The molecule has 0 aromatic heterocycles. The molecule has 0 spiro atoms. The first-order chi connectivity index (χ1) is 9.27. The van der Waals surface area contributed by atoms with Crippen LogP contribution >= 0.6 is 0 Å². The van der Waals surface area contributed by atoms with Crippen LogP contribution in [-0.2, 0) is 11.2 Å². The average molecular weight is 260 g/mol. The summed E-state index contributed by atoms with van der Waals surface area (Å²) in [6, 6.07) is 7.80. The first kappa shape index (κ1) is 15.5. The number of carbonyl (C=O) groups excluding carboxylic acids is 1. The van der Waals surface area contributed by atoms with Crippen molar-refractivity contribution in [2.45, 2.75) is 52.4 Å². The van der Waals surface area contributed by atoms with Gasteiger partial charge in [0.15, 0.2) is 0 Å². The summed E-state index contributed by atoms with van der Waals surface area (Å²) in [6.45, 7) is 4.02. The second-order valence-electron chi connectivity index (χ2n) is 4.69. The number of esters is 1. The van der Waals surface area contributed by atoms with Crippen LogP contribution in [0.5, 0.6) is 5.75 Å². The number of carbonyl (C=O) groups is 1. The van der Waals surface area contributed by atoms with Gasteiger partial charge in [0, 0.05) is 6.08 Å². The van der Waals surface area contributed by atoms with Crippen LogP contribution in [0, 0.1) is 0 Å². The van der Waals surface area contributed by atoms with Gasteiger partial charge in [-0.2, -0.15) is 0 Å². The molecular formula is C17H24O2. The molecule has 0 aliphatic heterocycles. The van der Waals surface area contributed by atoms with Crippen molar-refractivity contribution in [1.29, 1.82) is 0 Å². The summed E-state index contributed by atoms with van der Waals surface area (Å²) in [5, 5.41) is 0. The summed E-state index contributed by atoms with van der Waals surface area (Å²) in [6.07, 6.45) is 10.4. The molecule has 104 valence electrons. The molecule has 1 rings (SSSR count). The molecule has 2 nitrogen and oxygen atoms in total. The number of rotatable bonds is 8. The van der Waals surface area contributed by atoms with E-state index in [-0.39, 0.29) is 5.97 Å². The quantitative estimate of drug-likeness (QED) is 0.293. The van der Waals surface area contributed by atoms with Crippen LogP contribution < -0.4 is 4.74 Å². The molecule has 0 amide bonds. The van der Waals surface area contributed by atoms with Crippen LogP contribution in [0.1, 0.15) is 51.5 Å². The zero-order valence-electron chi connectivity index (χ0n) is 12.0. The predicted octanol–water partition coefficient (Wildman–Crippen LogP) is 4.68. The average Bonchev–Trinajstić information content (AvgIpc) is 2.40. The standard InChI is InChI=1S/C17H24O2/c1-3-5-6-7-8-12-15-13-9-10-14-16(15)19-17(18)11-4-2/h4,9-11,13-14H,3,5-8,12H2,1-2H3. The topological polar surface area (TPSA) is 26.3 Å². The minimum Gasteiger partial charge on any atom is -0.423 e. The Hall–Kier alpha value is -1.57. The smallest absolute Gasteiger partial charge is 0.335 e. The molecule has 0 atom stereocenters. The fraction of sp³-hybridized carbons (Fsp3) is 0.471. The number of benzene rings is 1. The summed E-state index contributed by atoms with van der Waals surface area (Å²) in [5.41, 5.74) is 1.12. The molecule has 0 fully saturated rings. The SMILES string of the molecule is CC=CC(=O)Oc1ccccc1CCCCCCC. The summed E-state index contributed by atoms with van der Waals surface area (Å²) < 4.78 is 5.34. The molecule has 0 heterocycles. The molecule has 2 heteroatoms. The van der Waals surface area contributed by atoms with Gasteiger partial charge >= 0.3 is 5.97 Å². The third-order valence-corrected chi connectivity index (χ3v) is 3.04. The van der Waals surface area contributed by atoms with Gasteiger partial charge in [-0.25, -0.2) is 4.79 Å². The Morgan fingerprint density at radius 1 is 1.16 bits per heavy atom. The highest BCUT2D eigenvalue weighted by molar-refractivity contribution is 5.84. The van der Waals surface area contributed by atoms with Crippen LogP contribution in [-0.4, -0.2) is 5.97 Å².